The van der Waals surface area contributed by atoms with Crippen molar-refractivity contribution in [1.82, 2.24) is 15.0 Å². The molecule has 0 N–H and O–H groups in total. The molecule has 0 saturated heterocycles. The Kier molecular flexibility index (Phi) is 5.90. The van der Waals surface area contributed by atoms with Gasteiger partial charge < -0.3 is 0 Å². The van der Waals surface area contributed by atoms with Crippen molar-refractivity contribution in [2.75, 3.05) is 0 Å². The Balaban J connectivity index is 1.79. The summed E-state index contributed by atoms with van der Waals surface area (Å²) < 4.78 is 0. The smallest absolute Gasteiger partial charge is 0.131 e. The molecule has 0 aliphatic heterocycles. The quantitative estimate of drug-likeness (QED) is 0.565. The van der Waals surface area contributed by atoms with Gasteiger partial charge in [0.05, 0.1) is 11.2 Å². The van der Waals surface area contributed by atoms with Gasteiger partial charge in [-0.25, -0.2) is 15.0 Å². The zero-order valence-corrected chi connectivity index (χ0v) is 15.9. The van der Waals surface area contributed by atoms with Crippen LogP contribution >= 0.6 is 22.7 Å². The molecule has 3 aromatic rings. The molecule has 4 nitrogen and oxygen atoms in total. The Morgan fingerprint density at radius 1 is 1.12 bits per heavy atom. The van der Waals surface area contributed by atoms with Gasteiger partial charge in [-0.2, -0.15) is 5.26 Å². The third kappa shape index (κ3) is 4.30. The molecule has 0 aromatic carbocycles. The van der Waals surface area contributed by atoms with E-state index in [1.165, 1.54) is 4.88 Å². The van der Waals surface area contributed by atoms with Crippen molar-refractivity contribution in [3.05, 3.63) is 62.8 Å². The summed E-state index contributed by atoms with van der Waals surface area (Å²) >= 11 is 3.21. The molecule has 25 heavy (non-hydrogen) atoms. The highest BCUT2D eigenvalue weighted by atomic mass is 32.1. The number of thiazole rings is 1. The Bertz CT molecular complexity index is 821. The van der Waals surface area contributed by atoms with Crippen LogP contribution in [-0.2, 0) is 0 Å². The van der Waals surface area contributed by atoms with Crippen LogP contribution in [0.4, 0.5) is 0 Å². The van der Waals surface area contributed by atoms with Crippen LogP contribution in [0.3, 0.4) is 0 Å². The largest absolute Gasteiger partial charge is 0.249 e. The van der Waals surface area contributed by atoms with Crippen LogP contribution in [0.5, 0.6) is 0 Å². The second kappa shape index (κ2) is 8.32. The number of rotatable bonds is 7. The molecule has 0 amide bonds. The van der Waals surface area contributed by atoms with Crippen LogP contribution in [0.15, 0.2) is 41.5 Å². The molecule has 0 saturated carbocycles. The molecule has 128 valence electrons. The van der Waals surface area contributed by atoms with E-state index in [1.807, 2.05) is 17.6 Å². The summed E-state index contributed by atoms with van der Waals surface area (Å²) in [4.78, 5) is 15.4. The maximum absolute atomic E-state index is 9.10. The third-order valence-corrected chi connectivity index (χ3v) is 6.37. The van der Waals surface area contributed by atoms with Crippen molar-refractivity contribution in [3.63, 3.8) is 0 Å². The number of hydrogen-bond acceptors (Lipinski definition) is 6. The van der Waals surface area contributed by atoms with Gasteiger partial charge >= 0.3 is 0 Å². The summed E-state index contributed by atoms with van der Waals surface area (Å²) in [6.07, 6.45) is 5.64. The van der Waals surface area contributed by atoms with Crippen LogP contribution in [0.2, 0.25) is 0 Å². The van der Waals surface area contributed by atoms with E-state index in [9.17, 15) is 0 Å². The van der Waals surface area contributed by atoms with Crippen molar-refractivity contribution in [3.8, 4) is 6.07 Å². The molecule has 0 radical (unpaired) electrons. The van der Waals surface area contributed by atoms with Gasteiger partial charge in [-0.15, -0.1) is 22.7 Å². The van der Waals surface area contributed by atoms with Crippen molar-refractivity contribution >= 4 is 22.7 Å². The Labute approximate surface area is 156 Å². The molecule has 0 fully saturated rings. The first-order chi connectivity index (χ1) is 12.2. The lowest BCUT2D eigenvalue weighted by Gasteiger charge is -2.23. The van der Waals surface area contributed by atoms with Crippen LogP contribution in [0.1, 0.15) is 65.7 Å². The van der Waals surface area contributed by atoms with E-state index in [2.05, 4.69) is 46.3 Å². The summed E-state index contributed by atoms with van der Waals surface area (Å²) in [5.41, 5.74) is 3.05. The fourth-order valence-corrected chi connectivity index (χ4v) is 4.60. The molecule has 0 spiro atoms. The van der Waals surface area contributed by atoms with Crippen LogP contribution in [0, 0.1) is 11.3 Å². The highest BCUT2D eigenvalue weighted by Crippen LogP contribution is 2.39. The van der Waals surface area contributed by atoms with Crippen LogP contribution in [-0.4, -0.2) is 15.0 Å². The van der Waals surface area contributed by atoms with Crippen LogP contribution < -0.4 is 0 Å². The Morgan fingerprint density at radius 2 is 1.92 bits per heavy atom. The highest BCUT2D eigenvalue weighted by Gasteiger charge is 2.25. The number of nitrogens with zero attached hydrogens (tertiary/aromatic N) is 4. The summed E-state index contributed by atoms with van der Waals surface area (Å²) in [6, 6.07) is 8.04. The second-order valence-corrected chi connectivity index (χ2v) is 8.04. The second-order valence-electron chi connectivity index (χ2n) is 6.21. The lowest BCUT2D eigenvalue weighted by molar-refractivity contribution is 0.472. The van der Waals surface area contributed by atoms with E-state index in [0.717, 1.165) is 29.2 Å². The molecular formula is C19H20N4S2. The molecule has 3 heterocycles. The monoisotopic (exact) mass is 368 g/mol. The van der Waals surface area contributed by atoms with Gasteiger partial charge in [-0.05, 0) is 37.0 Å². The molecule has 3 aromatic heterocycles. The number of hydrogen-bond donors (Lipinski definition) is 0. The lowest BCUT2D eigenvalue weighted by atomic mass is 9.85. The third-order valence-electron chi connectivity index (χ3n) is 4.57. The predicted octanol–water partition coefficient (Wildman–Crippen LogP) is 5.34. The first kappa shape index (κ1) is 17.7. The normalized spacial score (nSPS) is 14.6. The predicted molar refractivity (Wildman–Crippen MR) is 102 cm³/mol. The summed E-state index contributed by atoms with van der Waals surface area (Å²) in [5.74, 6) is 1.81. The maximum Gasteiger partial charge on any atom is 0.131 e. The topological polar surface area (TPSA) is 62.5 Å². The van der Waals surface area contributed by atoms with E-state index < -0.39 is 0 Å². The molecule has 6 heteroatoms. The Morgan fingerprint density at radius 3 is 2.56 bits per heavy atom. The minimum atomic E-state index is 0.229. The first-order valence-corrected chi connectivity index (χ1v) is 10.1. The number of thiophene rings is 1. The van der Waals surface area contributed by atoms with E-state index >= 15 is 0 Å². The fourth-order valence-electron chi connectivity index (χ4n) is 3.00. The van der Waals surface area contributed by atoms with Gasteiger partial charge in [-0.1, -0.05) is 13.8 Å². The van der Waals surface area contributed by atoms with Crippen molar-refractivity contribution in [1.29, 1.82) is 5.26 Å². The standard InChI is InChI=1S/C19H20N4S2/c1-13(17-11-24-12-23-17)4-6-16(19-21-8-3-9-22-19)14(2)18-7-5-15(10-20)25-18/h3,5,7-9,11-14,16H,4,6H2,1-2H3. The molecule has 3 rings (SSSR count). The van der Waals surface area contributed by atoms with E-state index in [1.54, 1.807) is 35.1 Å². The van der Waals surface area contributed by atoms with E-state index in [-0.39, 0.29) is 11.8 Å². The fraction of sp³-hybridized carbons (Fsp3) is 0.368. The van der Waals surface area contributed by atoms with Gasteiger partial charge in [0, 0.05) is 34.5 Å². The van der Waals surface area contributed by atoms with Gasteiger partial charge in [0.1, 0.15) is 16.8 Å². The Hall–Kier alpha value is -2.10. The van der Waals surface area contributed by atoms with Crippen molar-refractivity contribution in [2.24, 2.45) is 0 Å². The average molecular weight is 369 g/mol. The maximum atomic E-state index is 9.10. The van der Waals surface area contributed by atoms with Gasteiger partial charge in [0.2, 0.25) is 0 Å². The highest BCUT2D eigenvalue weighted by molar-refractivity contribution is 7.12. The summed E-state index contributed by atoms with van der Waals surface area (Å²) in [6.45, 7) is 4.43. The number of aromatic nitrogens is 3. The van der Waals surface area contributed by atoms with Crippen molar-refractivity contribution < 1.29 is 0 Å². The average Bonchev–Trinajstić information content (AvgIpc) is 3.34. The SMILES string of the molecule is CC(CCC(c1ncccn1)C(C)c1ccc(C#N)s1)c1cscn1. The first-order valence-electron chi connectivity index (χ1n) is 8.34. The van der Waals surface area contributed by atoms with Crippen LogP contribution in [0.25, 0.3) is 0 Å². The summed E-state index contributed by atoms with van der Waals surface area (Å²) in [5, 5.41) is 11.2. The zero-order chi connectivity index (χ0) is 17.6. The number of nitriles is 1. The van der Waals surface area contributed by atoms with Gasteiger partial charge in [0.25, 0.3) is 0 Å². The summed E-state index contributed by atoms with van der Waals surface area (Å²) in [7, 11) is 0. The van der Waals surface area contributed by atoms with Gasteiger partial charge in [-0.3, -0.25) is 0 Å². The minimum absolute atomic E-state index is 0.229. The van der Waals surface area contributed by atoms with E-state index in [0.29, 0.717) is 5.92 Å². The lowest BCUT2D eigenvalue weighted by Crippen LogP contribution is -2.12. The molecule has 0 bridgehead atoms. The minimum Gasteiger partial charge on any atom is -0.249 e. The molecule has 3 atom stereocenters. The molecule has 0 aliphatic rings. The van der Waals surface area contributed by atoms with E-state index in [4.69, 9.17) is 5.26 Å². The molecular weight excluding hydrogens is 348 g/mol. The zero-order valence-electron chi connectivity index (χ0n) is 14.3. The molecule has 3 unspecified atom stereocenters. The molecule has 0 aliphatic carbocycles. The van der Waals surface area contributed by atoms with Gasteiger partial charge in [0.15, 0.2) is 0 Å². The van der Waals surface area contributed by atoms with Crippen molar-refractivity contribution in [2.45, 2.75) is 44.4 Å².